The molecule has 0 saturated heterocycles. The van der Waals surface area contributed by atoms with E-state index in [1.165, 1.54) is 5.56 Å². The maximum absolute atomic E-state index is 11.6. The standard InChI is InChI=1S/C15H24N2O/c1-4-12(2)17-15(18)10-11-16-13(3)14-8-6-5-7-9-14/h5-9,12-13,16H,4,10-11H2,1-3H3,(H,17,18). The Kier molecular flexibility index (Phi) is 6.44. The third-order valence-electron chi connectivity index (χ3n) is 3.12. The minimum Gasteiger partial charge on any atom is -0.354 e. The Morgan fingerprint density at radius 3 is 2.50 bits per heavy atom. The molecule has 0 aliphatic heterocycles. The number of nitrogens with one attached hydrogen (secondary N) is 2. The van der Waals surface area contributed by atoms with Gasteiger partial charge in [-0.25, -0.2) is 0 Å². The molecule has 18 heavy (non-hydrogen) atoms. The van der Waals surface area contributed by atoms with Gasteiger partial charge in [0.15, 0.2) is 0 Å². The lowest BCUT2D eigenvalue weighted by molar-refractivity contribution is -0.121. The SMILES string of the molecule is CCC(C)NC(=O)CCNC(C)c1ccccc1. The summed E-state index contributed by atoms with van der Waals surface area (Å²) in [6, 6.07) is 10.8. The summed E-state index contributed by atoms with van der Waals surface area (Å²) in [5.41, 5.74) is 1.25. The average Bonchev–Trinajstić information content (AvgIpc) is 2.39. The van der Waals surface area contributed by atoms with Crippen molar-refractivity contribution >= 4 is 5.91 Å². The Hall–Kier alpha value is -1.35. The van der Waals surface area contributed by atoms with Crippen LogP contribution in [0.4, 0.5) is 0 Å². The van der Waals surface area contributed by atoms with Crippen molar-refractivity contribution in [2.75, 3.05) is 6.54 Å². The van der Waals surface area contributed by atoms with Crippen LogP contribution in [0, 0.1) is 0 Å². The Balaban J connectivity index is 2.23. The van der Waals surface area contributed by atoms with Gasteiger partial charge in [-0.3, -0.25) is 4.79 Å². The molecule has 3 heteroatoms. The Bertz CT molecular complexity index is 351. The summed E-state index contributed by atoms with van der Waals surface area (Å²) in [6.07, 6.45) is 1.50. The van der Waals surface area contributed by atoms with Gasteiger partial charge in [0, 0.05) is 25.0 Å². The van der Waals surface area contributed by atoms with Gasteiger partial charge in [-0.15, -0.1) is 0 Å². The topological polar surface area (TPSA) is 41.1 Å². The van der Waals surface area contributed by atoms with Crippen LogP contribution in [0.2, 0.25) is 0 Å². The van der Waals surface area contributed by atoms with E-state index in [1.807, 2.05) is 25.1 Å². The minimum absolute atomic E-state index is 0.122. The highest BCUT2D eigenvalue weighted by Crippen LogP contribution is 2.10. The fraction of sp³-hybridized carbons (Fsp3) is 0.533. The molecule has 1 aromatic carbocycles. The number of carbonyl (C=O) groups excluding carboxylic acids is 1. The van der Waals surface area contributed by atoms with Crippen molar-refractivity contribution in [3.05, 3.63) is 35.9 Å². The van der Waals surface area contributed by atoms with E-state index in [0.717, 1.165) is 6.42 Å². The van der Waals surface area contributed by atoms with Gasteiger partial charge in [-0.1, -0.05) is 37.3 Å². The molecule has 100 valence electrons. The van der Waals surface area contributed by atoms with E-state index < -0.39 is 0 Å². The van der Waals surface area contributed by atoms with E-state index in [2.05, 4.69) is 36.6 Å². The molecule has 0 aliphatic rings. The lowest BCUT2D eigenvalue weighted by Gasteiger charge is -2.15. The largest absolute Gasteiger partial charge is 0.354 e. The van der Waals surface area contributed by atoms with Crippen molar-refractivity contribution in [1.29, 1.82) is 0 Å². The van der Waals surface area contributed by atoms with Crippen molar-refractivity contribution in [1.82, 2.24) is 10.6 Å². The number of benzene rings is 1. The number of hydrogen-bond donors (Lipinski definition) is 2. The number of rotatable bonds is 7. The summed E-state index contributed by atoms with van der Waals surface area (Å²) in [5.74, 6) is 0.122. The number of carbonyl (C=O) groups is 1. The van der Waals surface area contributed by atoms with Gasteiger partial charge >= 0.3 is 0 Å². The molecule has 1 aromatic rings. The normalized spacial score (nSPS) is 13.9. The number of amides is 1. The van der Waals surface area contributed by atoms with Gasteiger partial charge in [0.05, 0.1) is 0 Å². The summed E-state index contributed by atoms with van der Waals surface area (Å²) in [4.78, 5) is 11.6. The Morgan fingerprint density at radius 2 is 1.89 bits per heavy atom. The maximum Gasteiger partial charge on any atom is 0.221 e. The van der Waals surface area contributed by atoms with E-state index in [-0.39, 0.29) is 18.0 Å². The summed E-state index contributed by atoms with van der Waals surface area (Å²) >= 11 is 0. The molecular formula is C15H24N2O. The third kappa shape index (κ3) is 5.32. The molecule has 1 rings (SSSR count). The van der Waals surface area contributed by atoms with E-state index in [9.17, 15) is 4.79 Å². The molecule has 0 aliphatic carbocycles. The molecule has 0 spiro atoms. The highest BCUT2D eigenvalue weighted by Gasteiger charge is 2.07. The van der Waals surface area contributed by atoms with Crippen LogP contribution in [-0.2, 0) is 4.79 Å². The first-order valence-electron chi connectivity index (χ1n) is 6.71. The van der Waals surface area contributed by atoms with Crippen molar-refractivity contribution in [3.8, 4) is 0 Å². The van der Waals surface area contributed by atoms with E-state index >= 15 is 0 Å². The quantitative estimate of drug-likeness (QED) is 0.779. The van der Waals surface area contributed by atoms with Gasteiger partial charge in [0.2, 0.25) is 5.91 Å². The predicted molar refractivity (Wildman–Crippen MR) is 75.4 cm³/mol. The van der Waals surface area contributed by atoms with Crippen LogP contribution in [0.1, 0.15) is 45.2 Å². The van der Waals surface area contributed by atoms with Crippen molar-refractivity contribution in [2.45, 2.75) is 45.7 Å². The van der Waals surface area contributed by atoms with Crippen molar-refractivity contribution < 1.29 is 4.79 Å². The van der Waals surface area contributed by atoms with Gasteiger partial charge in [0.25, 0.3) is 0 Å². The Labute approximate surface area is 110 Å². The molecule has 3 nitrogen and oxygen atoms in total. The second kappa shape index (κ2) is 7.88. The molecular weight excluding hydrogens is 224 g/mol. The lowest BCUT2D eigenvalue weighted by Crippen LogP contribution is -2.34. The summed E-state index contributed by atoms with van der Waals surface area (Å²) in [5, 5.41) is 6.32. The second-order valence-electron chi connectivity index (χ2n) is 4.71. The zero-order valence-electron chi connectivity index (χ0n) is 11.6. The van der Waals surface area contributed by atoms with Crippen LogP contribution in [0.25, 0.3) is 0 Å². The van der Waals surface area contributed by atoms with E-state index in [0.29, 0.717) is 13.0 Å². The highest BCUT2D eigenvalue weighted by atomic mass is 16.1. The van der Waals surface area contributed by atoms with Crippen LogP contribution in [0.3, 0.4) is 0 Å². The molecule has 2 N–H and O–H groups in total. The van der Waals surface area contributed by atoms with Gasteiger partial charge in [0.1, 0.15) is 0 Å². The van der Waals surface area contributed by atoms with Crippen LogP contribution in [0.5, 0.6) is 0 Å². The monoisotopic (exact) mass is 248 g/mol. The van der Waals surface area contributed by atoms with Crippen LogP contribution < -0.4 is 10.6 Å². The molecule has 0 saturated carbocycles. The van der Waals surface area contributed by atoms with E-state index in [1.54, 1.807) is 0 Å². The van der Waals surface area contributed by atoms with Crippen LogP contribution in [0.15, 0.2) is 30.3 Å². The van der Waals surface area contributed by atoms with Crippen molar-refractivity contribution in [3.63, 3.8) is 0 Å². The molecule has 2 unspecified atom stereocenters. The zero-order valence-corrected chi connectivity index (χ0v) is 11.6. The molecule has 2 atom stereocenters. The summed E-state index contributed by atoms with van der Waals surface area (Å²) in [6.45, 7) is 6.92. The smallest absolute Gasteiger partial charge is 0.221 e. The second-order valence-corrected chi connectivity index (χ2v) is 4.71. The molecule has 0 aromatic heterocycles. The average molecular weight is 248 g/mol. The van der Waals surface area contributed by atoms with Crippen molar-refractivity contribution in [2.24, 2.45) is 0 Å². The van der Waals surface area contributed by atoms with E-state index in [4.69, 9.17) is 0 Å². The number of hydrogen-bond acceptors (Lipinski definition) is 2. The van der Waals surface area contributed by atoms with Crippen LogP contribution >= 0.6 is 0 Å². The first kappa shape index (κ1) is 14.7. The fourth-order valence-corrected chi connectivity index (χ4v) is 1.71. The van der Waals surface area contributed by atoms with Crippen LogP contribution in [-0.4, -0.2) is 18.5 Å². The van der Waals surface area contributed by atoms with Gasteiger partial charge in [-0.2, -0.15) is 0 Å². The third-order valence-corrected chi connectivity index (χ3v) is 3.12. The lowest BCUT2D eigenvalue weighted by atomic mass is 10.1. The van der Waals surface area contributed by atoms with Gasteiger partial charge < -0.3 is 10.6 Å². The fourth-order valence-electron chi connectivity index (χ4n) is 1.71. The molecule has 1 amide bonds. The van der Waals surface area contributed by atoms with Gasteiger partial charge in [-0.05, 0) is 25.8 Å². The summed E-state index contributed by atoms with van der Waals surface area (Å²) in [7, 11) is 0. The first-order chi connectivity index (χ1) is 8.63. The zero-order chi connectivity index (χ0) is 13.4. The Morgan fingerprint density at radius 1 is 1.22 bits per heavy atom. The summed E-state index contributed by atoms with van der Waals surface area (Å²) < 4.78 is 0. The molecule has 0 fully saturated rings. The first-order valence-corrected chi connectivity index (χ1v) is 6.71. The highest BCUT2D eigenvalue weighted by molar-refractivity contribution is 5.76. The maximum atomic E-state index is 11.6. The molecule has 0 radical (unpaired) electrons. The predicted octanol–water partition coefficient (Wildman–Crippen LogP) is 2.64. The minimum atomic E-state index is 0.122. The molecule has 0 bridgehead atoms. The molecule has 0 heterocycles.